The van der Waals surface area contributed by atoms with Crippen LogP contribution in [0.25, 0.3) is 6.08 Å². The monoisotopic (exact) mass is 329 g/mol. The molecule has 0 saturated heterocycles. The Balaban J connectivity index is 2.75. The van der Waals surface area contributed by atoms with Gasteiger partial charge < -0.3 is 10.4 Å². The Bertz CT molecular complexity index is 538. The van der Waals surface area contributed by atoms with E-state index in [1.54, 1.807) is 25.1 Å². The zero-order valence-corrected chi connectivity index (χ0v) is 13.3. The normalized spacial score (nSPS) is 13.9. The molecule has 0 fully saturated rings. The number of carbonyl (C=O) groups excluding carboxylic acids is 1. The number of hydrogen-bond acceptors (Lipinski definition) is 2. The largest absolute Gasteiger partial charge is 0.480 e. The maximum absolute atomic E-state index is 11.8. The molecule has 1 aromatic carbocycles. The number of carboxylic acids is 1. The highest BCUT2D eigenvalue weighted by Gasteiger charge is 2.24. The number of nitrogens with one attached hydrogen (secondary N) is 1. The smallest absolute Gasteiger partial charge is 0.326 e. The van der Waals surface area contributed by atoms with E-state index in [1.165, 1.54) is 12.2 Å². The Hall–Kier alpha value is -1.52. The SMILES string of the molecule is CCC(C)[C@H](NC(=O)/C=C/c1cc(Cl)cc(Cl)c1)C(=O)O. The summed E-state index contributed by atoms with van der Waals surface area (Å²) in [7, 11) is 0. The lowest BCUT2D eigenvalue weighted by Crippen LogP contribution is -2.44. The fourth-order valence-corrected chi connectivity index (χ4v) is 2.27. The molecule has 114 valence electrons. The van der Waals surface area contributed by atoms with E-state index in [0.717, 1.165) is 0 Å². The quantitative estimate of drug-likeness (QED) is 0.783. The standard InChI is InChI=1S/C15H17Cl2NO3/c1-3-9(2)14(15(20)21)18-13(19)5-4-10-6-11(16)8-12(17)7-10/h4-9,14H,3H2,1-2H3,(H,18,19)(H,20,21)/b5-4+/t9?,14-/m0/s1. The second kappa shape index (κ2) is 8.05. The summed E-state index contributed by atoms with van der Waals surface area (Å²) in [6, 6.07) is 3.99. The third-order valence-corrected chi connectivity index (χ3v) is 3.53. The first kappa shape index (κ1) is 17.5. The van der Waals surface area contributed by atoms with Gasteiger partial charge in [0.05, 0.1) is 0 Å². The highest BCUT2D eigenvalue weighted by molar-refractivity contribution is 6.34. The Labute approximate surface area is 133 Å². The van der Waals surface area contributed by atoms with Gasteiger partial charge in [0.25, 0.3) is 0 Å². The van der Waals surface area contributed by atoms with Crippen LogP contribution in [0.1, 0.15) is 25.8 Å². The summed E-state index contributed by atoms with van der Waals surface area (Å²) in [6.45, 7) is 3.65. The van der Waals surface area contributed by atoms with Gasteiger partial charge in [-0.1, -0.05) is 43.5 Å². The van der Waals surface area contributed by atoms with Crippen LogP contribution in [-0.4, -0.2) is 23.0 Å². The van der Waals surface area contributed by atoms with Crippen molar-refractivity contribution in [2.45, 2.75) is 26.3 Å². The molecule has 1 aromatic rings. The number of rotatable bonds is 6. The molecule has 0 aliphatic rings. The van der Waals surface area contributed by atoms with Crippen LogP contribution >= 0.6 is 23.2 Å². The van der Waals surface area contributed by atoms with Crippen LogP contribution in [0.5, 0.6) is 0 Å². The van der Waals surface area contributed by atoms with Crippen LogP contribution < -0.4 is 5.32 Å². The van der Waals surface area contributed by atoms with Crippen LogP contribution in [-0.2, 0) is 9.59 Å². The number of carboxylic acid groups (broad SMARTS) is 1. The average molecular weight is 330 g/mol. The average Bonchev–Trinajstić information content (AvgIpc) is 2.40. The molecule has 0 aliphatic heterocycles. The number of hydrogen-bond donors (Lipinski definition) is 2. The summed E-state index contributed by atoms with van der Waals surface area (Å²) >= 11 is 11.7. The van der Waals surface area contributed by atoms with E-state index >= 15 is 0 Å². The molecule has 21 heavy (non-hydrogen) atoms. The predicted molar refractivity (Wildman–Crippen MR) is 84.5 cm³/mol. The number of benzene rings is 1. The van der Waals surface area contributed by atoms with E-state index in [0.29, 0.717) is 22.0 Å². The Kier molecular flexibility index (Phi) is 6.72. The lowest BCUT2D eigenvalue weighted by atomic mass is 9.99. The first-order chi connectivity index (χ1) is 9.83. The maximum atomic E-state index is 11.8. The second-order valence-corrected chi connectivity index (χ2v) is 5.62. The van der Waals surface area contributed by atoms with E-state index in [2.05, 4.69) is 5.32 Å². The molecule has 0 saturated carbocycles. The minimum absolute atomic E-state index is 0.152. The van der Waals surface area contributed by atoms with Gasteiger partial charge in [0.2, 0.25) is 5.91 Å². The molecule has 0 aliphatic carbocycles. The molecule has 1 amide bonds. The lowest BCUT2D eigenvalue weighted by Gasteiger charge is -2.19. The molecule has 0 heterocycles. The van der Waals surface area contributed by atoms with E-state index in [4.69, 9.17) is 28.3 Å². The van der Waals surface area contributed by atoms with Crippen molar-refractivity contribution in [3.63, 3.8) is 0 Å². The van der Waals surface area contributed by atoms with Crippen LogP contribution in [0.15, 0.2) is 24.3 Å². The molecular formula is C15H17Cl2NO3. The first-order valence-corrected chi connectivity index (χ1v) is 7.26. The van der Waals surface area contributed by atoms with E-state index in [1.807, 2.05) is 6.92 Å². The van der Waals surface area contributed by atoms with Gasteiger partial charge in [-0.3, -0.25) is 4.79 Å². The van der Waals surface area contributed by atoms with Gasteiger partial charge >= 0.3 is 5.97 Å². The zero-order valence-electron chi connectivity index (χ0n) is 11.8. The minimum Gasteiger partial charge on any atom is -0.480 e. The maximum Gasteiger partial charge on any atom is 0.326 e. The van der Waals surface area contributed by atoms with Crippen molar-refractivity contribution in [1.29, 1.82) is 0 Å². The summed E-state index contributed by atoms with van der Waals surface area (Å²) in [4.78, 5) is 22.9. The summed E-state index contributed by atoms with van der Waals surface area (Å²) in [5.74, 6) is -1.67. The summed E-state index contributed by atoms with van der Waals surface area (Å²) in [5, 5.41) is 12.5. The third kappa shape index (κ3) is 5.78. The Morgan fingerprint density at radius 2 is 1.86 bits per heavy atom. The molecule has 2 atom stereocenters. The molecule has 0 bridgehead atoms. The molecule has 0 radical (unpaired) electrons. The van der Waals surface area contributed by atoms with Gasteiger partial charge in [-0.15, -0.1) is 0 Å². The van der Waals surface area contributed by atoms with Crippen molar-refractivity contribution in [3.8, 4) is 0 Å². The van der Waals surface area contributed by atoms with E-state index < -0.39 is 17.9 Å². The highest BCUT2D eigenvalue weighted by atomic mass is 35.5. The van der Waals surface area contributed by atoms with Gasteiger partial charge in [-0.25, -0.2) is 4.79 Å². The lowest BCUT2D eigenvalue weighted by molar-refractivity contribution is -0.142. The fourth-order valence-electron chi connectivity index (χ4n) is 1.73. The fraction of sp³-hybridized carbons (Fsp3) is 0.333. The first-order valence-electron chi connectivity index (χ1n) is 6.51. The molecule has 4 nitrogen and oxygen atoms in total. The van der Waals surface area contributed by atoms with Gasteiger partial charge in [-0.2, -0.15) is 0 Å². The van der Waals surface area contributed by atoms with Crippen molar-refractivity contribution in [1.82, 2.24) is 5.32 Å². The van der Waals surface area contributed by atoms with Crippen LogP contribution in [0.4, 0.5) is 0 Å². The van der Waals surface area contributed by atoms with Crippen LogP contribution in [0.2, 0.25) is 10.0 Å². The van der Waals surface area contributed by atoms with Crippen molar-refractivity contribution < 1.29 is 14.7 Å². The Morgan fingerprint density at radius 3 is 2.33 bits per heavy atom. The summed E-state index contributed by atoms with van der Waals surface area (Å²) in [6.07, 6.45) is 3.45. The van der Waals surface area contributed by atoms with E-state index in [9.17, 15) is 9.59 Å². The summed E-state index contributed by atoms with van der Waals surface area (Å²) < 4.78 is 0. The van der Waals surface area contributed by atoms with Gasteiger partial charge in [0, 0.05) is 16.1 Å². The zero-order chi connectivity index (χ0) is 16.0. The molecule has 0 spiro atoms. The van der Waals surface area contributed by atoms with Gasteiger partial charge in [0.1, 0.15) is 6.04 Å². The Morgan fingerprint density at radius 1 is 1.29 bits per heavy atom. The van der Waals surface area contributed by atoms with Crippen molar-refractivity contribution in [2.24, 2.45) is 5.92 Å². The van der Waals surface area contributed by atoms with Crippen molar-refractivity contribution >= 4 is 41.2 Å². The number of halogens is 2. The van der Waals surface area contributed by atoms with Crippen molar-refractivity contribution in [2.75, 3.05) is 0 Å². The number of amides is 1. The summed E-state index contributed by atoms with van der Waals surface area (Å²) in [5.41, 5.74) is 0.665. The molecule has 0 aromatic heterocycles. The van der Waals surface area contributed by atoms with Crippen molar-refractivity contribution in [3.05, 3.63) is 39.9 Å². The third-order valence-electron chi connectivity index (χ3n) is 3.09. The van der Waals surface area contributed by atoms with E-state index in [-0.39, 0.29) is 5.92 Å². The topological polar surface area (TPSA) is 66.4 Å². The van der Waals surface area contributed by atoms with Crippen LogP contribution in [0, 0.1) is 5.92 Å². The molecule has 2 N–H and O–H groups in total. The molecule has 1 unspecified atom stereocenters. The molecule has 1 rings (SSSR count). The highest BCUT2D eigenvalue weighted by Crippen LogP contribution is 2.19. The van der Waals surface area contributed by atoms with Gasteiger partial charge in [-0.05, 0) is 35.8 Å². The number of aliphatic carboxylic acids is 1. The minimum atomic E-state index is -1.04. The second-order valence-electron chi connectivity index (χ2n) is 4.75. The van der Waals surface area contributed by atoms with Gasteiger partial charge in [0.15, 0.2) is 0 Å². The predicted octanol–water partition coefficient (Wildman–Crippen LogP) is 3.62. The van der Waals surface area contributed by atoms with Crippen LogP contribution in [0.3, 0.4) is 0 Å². The molecular weight excluding hydrogens is 313 g/mol. The molecule has 6 heteroatoms. The number of carbonyl (C=O) groups is 2.